The number of nitrogens with zero attached hydrogens (tertiary/aromatic N) is 1. The topological polar surface area (TPSA) is 108 Å². The first-order chi connectivity index (χ1) is 37.0. The zero-order valence-corrected chi connectivity index (χ0v) is 51.6. The number of quaternary nitrogens is 1. The zero-order chi connectivity index (χ0) is 55.6. The van der Waals surface area contributed by atoms with Crippen LogP contribution in [-0.2, 0) is 18.4 Å². The minimum absolute atomic E-state index is 0.0101. The van der Waals surface area contributed by atoms with E-state index in [9.17, 15) is 19.4 Å². The molecule has 0 spiro atoms. The predicted molar refractivity (Wildman–Crippen MR) is 330 cm³/mol. The van der Waals surface area contributed by atoms with Gasteiger partial charge in [-0.15, -0.1) is 0 Å². The number of rotatable bonds is 59. The molecule has 0 aliphatic carbocycles. The largest absolute Gasteiger partial charge is 0.756 e. The Hall–Kier alpha value is -2.06. The normalized spacial score (nSPS) is 14.2. The molecule has 444 valence electrons. The average molecular weight is 1090 g/mol. The highest BCUT2D eigenvalue weighted by atomic mass is 31.2. The number of allylic oxidation sites excluding steroid dienone is 11. The Morgan fingerprint density at radius 1 is 0.461 bits per heavy atom. The van der Waals surface area contributed by atoms with Gasteiger partial charge in [0.15, 0.2) is 0 Å². The maximum atomic E-state index is 13.0. The van der Waals surface area contributed by atoms with Crippen molar-refractivity contribution < 1.29 is 32.9 Å². The molecule has 1 amide bonds. The van der Waals surface area contributed by atoms with E-state index in [4.69, 9.17) is 9.05 Å². The lowest BCUT2D eigenvalue weighted by Crippen LogP contribution is -2.45. The van der Waals surface area contributed by atoms with Crippen molar-refractivity contribution in [2.24, 2.45) is 0 Å². The Labute approximate surface area is 472 Å². The van der Waals surface area contributed by atoms with Gasteiger partial charge in [-0.3, -0.25) is 9.36 Å². The molecule has 0 aromatic heterocycles. The summed E-state index contributed by atoms with van der Waals surface area (Å²) in [6.07, 6.45) is 80.1. The number of nitrogens with one attached hydrogen (secondary N) is 1. The summed E-state index contributed by atoms with van der Waals surface area (Å²) in [6.45, 7) is 4.63. The van der Waals surface area contributed by atoms with Crippen LogP contribution in [0.4, 0.5) is 0 Å². The molecule has 3 atom stereocenters. The molecule has 0 saturated carbocycles. The third kappa shape index (κ3) is 59.6. The van der Waals surface area contributed by atoms with Crippen molar-refractivity contribution in [3.05, 3.63) is 72.9 Å². The van der Waals surface area contributed by atoms with Gasteiger partial charge in [-0.2, -0.15) is 0 Å². The van der Waals surface area contributed by atoms with E-state index in [-0.39, 0.29) is 12.5 Å². The highest BCUT2D eigenvalue weighted by Crippen LogP contribution is 2.38. The van der Waals surface area contributed by atoms with E-state index >= 15 is 0 Å². The third-order valence-corrected chi connectivity index (χ3v) is 15.3. The third-order valence-electron chi connectivity index (χ3n) is 14.4. The molecule has 0 bridgehead atoms. The van der Waals surface area contributed by atoms with Gasteiger partial charge < -0.3 is 28.8 Å². The maximum Gasteiger partial charge on any atom is 0.268 e. The van der Waals surface area contributed by atoms with Gasteiger partial charge in [0.2, 0.25) is 5.91 Å². The van der Waals surface area contributed by atoms with Crippen molar-refractivity contribution in [2.75, 3.05) is 40.9 Å². The summed E-state index contributed by atoms with van der Waals surface area (Å²) in [5.41, 5.74) is 0. The quantitative estimate of drug-likeness (QED) is 0.0272. The fraction of sp³-hybridized carbons (Fsp3) is 0.806. The number of carbonyl (C=O) groups excluding carboxylic acids is 1. The summed E-state index contributed by atoms with van der Waals surface area (Å²) in [5.74, 6) is -0.209. The highest BCUT2D eigenvalue weighted by molar-refractivity contribution is 7.45. The summed E-state index contributed by atoms with van der Waals surface area (Å²) in [5, 5.41) is 13.9. The van der Waals surface area contributed by atoms with Crippen molar-refractivity contribution >= 4 is 13.7 Å². The van der Waals surface area contributed by atoms with Gasteiger partial charge in [-0.1, -0.05) is 279 Å². The van der Waals surface area contributed by atoms with Crippen LogP contribution in [0.2, 0.25) is 0 Å². The van der Waals surface area contributed by atoms with E-state index < -0.39 is 26.6 Å². The van der Waals surface area contributed by atoms with Gasteiger partial charge in [0.25, 0.3) is 7.82 Å². The Morgan fingerprint density at radius 3 is 1.16 bits per heavy atom. The maximum absolute atomic E-state index is 13.0. The van der Waals surface area contributed by atoms with E-state index in [1.807, 2.05) is 27.2 Å². The molecular weight excluding hydrogens is 960 g/mol. The van der Waals surface area contributed by atoms with E-state index in [0.717, 1.165) is 57.8 Å². The fourth-order valence-corrected chi connectivity index (χ4v) is 10.0. The monoisotopic (exact) mass is 1080 g/mol. The Bertz CT molecular complexity index is 1470. The minimum Gasteiger partial charge on any atom is -0.756 e. The number of unbranched alkanes of at least 4 members (excludes halogenated alkanes) is 36. The van der Waals surface area contributed by atoms with Crippen LogP contribution in [0.25, 0.3) is 0 Å². The molecule has 0 aromatic rings. The van der Waals surface area contributed by atoms with Crippen LogP contribution in [0, 0.1) is 0 Å². The van der Waals surface area contributed by atoms with Crippen LogP contribution in [-0.4, -0.2) is 68.5 Å². The van der Waals surface area contributed by atoms with Gasteiger partial charge in [0.1, 0.15) is 13.2 Å². The van der Waals surface area contributed by atoms with Crippen molar-refractivity contribution in [3.8, 4) is 0 Å². The first-order valence-corrected chi connectivity index (χ1v) is 33.8. The number of likely N-dealkylation sites (N-methyl/N-ethyl adjacent to an activating group) is 1. The van der Waals surface area contributed by atoms with Crippen LogP contribution < -0.4 is 10.2 Å². The second kappa shape index (κ2) is 57.6. The van der Waals surface area contributed by atoms with E-state index in [0.29, 0.717) is 17.4 Å². The van der Waals surface area contributed by atoms with Crippen LogP contribution in [0.1, 0.15) is 296 Å². The van der Waals surface area contributed by atoms with Crippen LogP contribution in [0.15, 0.2) is 72.9 Å². The second-order valence-corrected chi connectivity index (χ2v) is 24.5. The molecule has 8 nitrogen and oxygen atoms in total. The lowest BCUT2D eigenvalue weighted by atomic mass is 10.0. The van der Waals surface area contributed by atoms with Gasteiger partial charge in [0.05, 0.1) is 39.9 Å². The summed E-state index contributed by atoms with van der Waals surface area (Å²) in [6, 6.07) is -0.913. The number of carbonyl (C=O) groups is 1. The number of phosphoric acid groups is 1. The molecule has 2 N–H and O–H groups in total. The second-order valence-electron chi connectivity index (χ2n) is 23.1. The lowest BCUT2D eigenvalue weighted by molar-refractivity contribution is -0.870. The minimum atomic E-state index is -4.61. The first kappa shape index (κ1) is 73.9. The summed E-state index contributed by atoms with van der Waals surface area (Å²) in [7, 11) is 1.24. The Balaban J connectivity index is 4.13. The van der Waals surface area contributed by atoms with Gasteiger partial charge in [0, 0.05) is 6.42 Å². The predicted octanol–water partition coefficient (Wildman–Crippen LogP) is 19.6. The van der Waals surface area contributed by atoms with Crippen molar-refractivity contribution in [2.45, 2.75) is 309 Å². The van der Waals surface area contributed by atoms with Gasteiger partial charge in [-0.25, -0.2) is 0 Å². The van der Waals surface area contributed by atoms with Crippen molar-refractivity contribution in [1.82, 2.24) is 5.32 Å². The average Bonchev–Trinajstić information content (AvgIpc) is 3.38. The molecule has 0 radical (unpaired) electrons. The van der Waals surface area contributed by atoms with Gasteiger partial charge in [-0.05, 0) is 83.5 Å². The van der Waals surface area contributed by atoms with Crippen LogP contribution in [0.5, 0.6) is 0 Å². The standard InChI is InChI=1S/C67H125N2O6P/c1-6-8-10-12-14-16-18-20-22-24-26-28-29-30-31-32-33-34-35-36-37-38-39-41-43-45-47-49-51-53-55-57-59-61-67(71)68-65(64-75-76(72,73)74-63-62-69(3,4)5)66(70)60-58-56-54-52-50-48-46-44-42-40-27-25-23-21-19-17-15-13-11-9-7-2/h18,20,24,26,29-30,42,44,50,52,58,60,65-66,70H,6-17,19,21-23,25,27-28,31-41,43,45-49,51,53-57,59,61-64H2,1-5H3,(H-,68,71,72,73)/b20-18-,26-24-,30-29-,44-42+,52-50+,60-58+. The number of aliphatic hydroxyl groups excluding tert-OH is 1. The van der Waals surface area contributed by atoms with E-state index in [1.165, 1.54) is 218 Å². The van der Waals surface area contributed by atoms with Crippen LogP contribution in [0.3, 0.4) is 0 Å². The number of hydrogen-bond donors (Lipinski definition) is 2. The summed E-state index contributed by atoms with van der Waals surface area (Å²) in [4.78, 5) is 25.6. The van der Waals surface area contributed by atoms with Gasteiger partial charge >= 0.3 is 0 Å². The number of phosphoric ester groups is 1. The molecule has 0 fully saturated rings. The number of hydrogen-bond acceptors (Lipinski definition) is 6. The molecular formula is C67H125N2O6P. The lowest BCUT2D eigenvalue weighted by Gasteiger charge is -2.29. The SMILES string of the molecule is CCCCCCC/C=C\C/C=C\C/C=C\CCCCCCCCCCCCCCCCCCCCC(=O)NC(COP(=O)([O-])OCC[N+](C)(C)C)C(O)/C=C/CC/C=C/CC/C=C/CCCCCCCCCCCCC. The summed E-state index contributed by atoms with van der Waals surface area (Å²) >= 11 is 0. The Morgan fingerprint density at radius 2 is 0.776 bits per heavy atom. The molecule has 0 aliphatic rings. The molecule has 0 saturated heterocycles. The molecule has 0 rings (SSSR count). The van der Waals surface area contributed by atoms with Crippen LogP contribution >= 0.6 is 7.82 Å². The molecule has 0 heterocycles. The molecule has 0 aliphatic heterocycles. The fourth-order valence-electron chi connectivity index (χ4n) is 9.31. The molecule has 3 unspecified atom stereocenters. The zero-order valence-electron chi connectivity index (χ0n) is 50.7. The highest BCUT2D eigenvalue weighted by Gasteiger charge is 2.23. The summed E-state index contributed by atoms with van der Waals surface area (Å²) < 4.78 is 23.4. The van der Waals surface area contributed by atoms with Crippen molar-refractivity contribution in [3.63, 3.8) is 0 Å². The Kier molecular flexibility index (Phi) is 56.1. The molecule has 9 heteroatoms. The number of amides is 1. The smallest absolute Gasteiger partial charge is 0.268 e. The first-order valence-electron chi connectivity index (χ1n) is 32.3. The van der Waals surface area contributed by atoms with Crippen molar-refractivity contribution in [1.29, 1.82) is 0 Å². The van der Waals surface area contributed by atoms with E-state index in [2.05, 4.69) is 79.9 Å². The molecule has 0 aromatic carbocycles. The number of aliphatic hydroxyl groups is 1. The van der Waals surface area contributed by atoms with E-state index in [1.54, 1.807) is 6.08 Å². The molecule has 76 heavy (non-hydrogen) atoms.